The van der Waals surface area contributed by atoms with Crippen LogP contribution in [0.3, 0.4) is 0 Å². The van der Waals surface area contributed by atoms with Gasteiger partial charge in [0.25, 0.3) is 5.91 Å². The molecule has 3 N–H and O–H groups in total. The molecule has 1 atom stereocenters. The first kappa shape index (κ1) is 15.6. The van der Waals surface area contributed by atoms with Crippen molar-refractivity contribution in [2.75, 3.05) is 6.54 Å². The van der Waals surface area contributed by atoms with Crippen LogP contribution in [0.25, 0.3) is 0 Å². The Hall–Kier alpha value is -1.42. The number of carbonyl (C=O) groups excluding carboxylic acids is 1. The number of nitrogens with two attached hydrogens (primary N) is 1. The molecule has 0 spiro atoms. The lowest BCUT2D eigenvalue weighted by atomic mass is 9.90. The van der Waals surface area contributed by atoms with Crippen LogP contribution in [0.2, 0.25) is 0 Å². The minimum Gasteiger partial charge on any atom is -0.346 e. The smallest absolute Gasteiger partial charge is 0.254 e. The number of hydrogen-bond acceptors (Lipinski definition) is 2. The standard InChI is InChI=1S/C15H23FN2O/c1-10(2)8-15(4,9-17)18-14(19)12-6-5-11(3)7-13(12)16/h5-7,10H,8-9,17H2,1-4H3,(H,18,19). The number of amides is 1. The van der Waals surface area contributed by atoms with Gasteiger partial charge in [0.15, 0.2) is 0 Å². The van der Waals surface area contributed by atoms with Crippen LogP contribution in [-0.2, 0) is 0 Å². The second-order valence-corrected chi connectivity index (χ2v) is 5.80. The molecule has 3 nitrogen and oxygen atoms in total. The maximum Gasteiger partial charge on any atom is 0.254 e. The Morgan fingerprint density at radius 1 is 1.47 bits per heavy atom. The van der Waals surface area contributed by atoms with Gasteiger partial charge in [0.05, 0.1) is 5.56 Å². The maximum absolute atomic E-state index is 13.8. The normalized spacial score (nSPS) is 14.3. The van der Waals surface area contributed by atoms with Gasteiger partial charge in [0, 0.05) is 12.1 Å². The lowest BCUT2D eigenvalue weighted by Crippen LogP contribution is -2.52. The fourth-order valence-corrected chi connectivity index (χ4v) is 2.23. The van der Waals surface area contributed by atoms with E-state index in [0.717, 1.165) is 12.0 Å². The van der Waals surface area contributed by atoms with E-state index in [0.29, 0.717) is 12.5 Å². The molecule has 0 bridgehead atoms. The molecule has 4 heteroatoms. The van der Waals surface area contributed by atoms with Gasteiger partial charge in [-0.1, -0.05) is 19.9 Å². The molecule has 0 heterocycles. The number of halogens is 1. The van der Waals surface area contributed by atoms with Crippen molar-refractivity contribution in [3.63, 3.8) is 0 Å². The van der Waals surface area contributed by atoms with Gasteiger partial charge in [-0.2, -0.15) is 0 Å². The molecule has 1 aromatic carbocycles. The Balaban J connectivity index is 2.88. The van der Waals surface area contributed by atoms with E-state index in [1.165, 1.54) is 12.1 Å². The Bertz CT molecular complexity index is 459. The molecule has 0 aliphatic rings. The molecular weight excluding hydrogens is 243 g/mol. The molecule has 106 valence electrons. The zero-order chi connectivity index (χ0) is 14.6. The van der Waals surface area contributed by atoms with Gasteiger partial charge >= 0.3 is 0 Å². The van der Waals surface area contributed by atoms with Gasteiger partial charge in [-0.15, -0.1) is 0 Å². The third-order valence-corrected chi connectivity index (χ3v) is 3.09. The summed E-state index contributed by atoms with van der Waals surface area (Å²) >= 11 is 0. The largest absolute Gasteiger partial charge is 0.346 e. The number of hydrogen-bond donors (Lipinski definition) is 2. The molecule has 1 aromatic rings. The fourth-order valence-electron chi connectivity index (χ4n) is 2.23. The monoisotopic (exact) mass is 266 g/mol. The Morgan fingerprint density at radius 3 is 2.58 bits per heavy atom. The van der Waals surface area contributed by atoms with Crippen molar-refractivity contribution in [3.05, 3.63) is 35.1 Å². The predicted octanol–water partition coefficient (Wildman–Crippen LogP) is 2.63. The molecule has 0 aliphatic carbocycles. The van der Waals surface area contributed by atoms with Crippen LogP contribution in [-0.4, -0.2) is 18.0 Å². The van der Waals surface area contributed by atoms with Crippen LogP contribution in [0, 0.1) is 18.7 Å². The predicted molar refractivity (Wildman–Crippen MR) is 75.5 cm³/mol. The van der Waals surface area contributed by atoms with Gasteiger partial charge in [-0.25, -0.2) is 4.39 Å². The van der Waals surface area contributed by atoms with Crippen molar-refractivity contribution < 1.29 is 9.18 Å². The Labute approximate surface area is 114 Å². The van der Waals surface area contributed by atoms with Crippen molar-refractivity contribution in [1.82, 2.24) is 5.32 Å². The summed E-state index contributed by atoms with van der Waals surface area (Å²) in [6, 6.07) is 4.59. The van der Waals surface area contributed by atoms with Crippen molar-refractivity contribution in [2.24, 2.45) is 11.7 Å². The first-order chi connectivity index (χ1) is 8.77. The first-order valence-corrected chi connectivity index (χ1v) is 6.56. The van der Waals surface area contributed by atoms with Crippen molar-refractivity contribution in [1.29, 1.82) is 0 Å². The van der Waals surface area contributed by atoms with Crippen molar-refractivity contribution in [3.8, 4) is 0 Å². The number of carbonyl (C=O) groups is 1. The molecule has 1 amide bonds. The molecule has 0 saturated carbocycles. The number of rotatable bonds is 5. The minimum atomic E-state index is -0.511. The molecule has 19 heavy (non-hydrogen) atoms. The summed E-state index contributed by atoms with van der Waals surface area (Å²) < 4.78 is 13.8. The van der Waals surface area contributed by atoms with Crippen molar-refractivity contribution in [2.45, 2.75) is 39.7 Å². The van der Waals surface area contributed by atoms with E-state index in [1.807, 2.05) is 6.92 Å². The number of nitrogens with one attached hydrogen (secondary N) is 1. The van der Waals surface area contributed by atoms with Gasteiger partial charge in [-0.3, -0.25) is 4.79 Å². The molecule has 0 aromatic heterocycles. The third-order valence-electron chi connectivity index (χ3n) is 3.09. The van der Waals surface area contributed by atoms with Crippen LogP contribution in [0.5, 0.6) is 0 Å². The van der Waals surface area contributed by atoms with Crippen LogP contribution >= 0.6 is 0 Å². The lowest BCUT2D eigenvalue weighted by molar-refractivity contribution is 0.0894. The molecule has 0 fully saturated rings. The molecule has 1 rings (SSSR count). The summed E-state index contributed by atoms with van der Waals surface area (Å²) in [6.45, 7) is 8.12. The van der Waals surface area contributed by atoms with E-state index in [2.05, 4.69) is 19.2 Å². The SMILES string of the molecule is Cc1ccc(C(=O)NC(C)(CN)CC(C)C)c(F)c1. The third kappa shape index (κ3) is 4.31. The Kier molecular flexibility index (Phi) is 5.06. The summed E-state index contributed by atoms with van der Waals surface area (Å²) in [5.41, 5.74) is 6.08. The van der Waals surface area contributed by atoms with E-state index >= 15 is 0 Å². The Morgan fingerprint density at radius 2 is 2.11 bits per heavy atom. The van der Waals surface area contributed by atoms with Crippen LogP contribution in [0.4, 0.5) is 4.39 Å². The van der Waals surface area contributed by atoms with Gasteiger partial charge in [-0.05, 0) is 43.9 Å². The molecule has 0 saturated heterocycles. The highest BCUT2D eigenvalue weighted by Gasteiger charge is 2.27. The number of aryl methyl sites for hydroxylation is 1. The zero-order valence-corrected chi connectivity index (χ0v) is 12.1. The molecular formula is C15H23FN2O. The van der Waals surface area contributed by atoms with E-state index in [1.54, 1.807) is 13.0 Å². The molecule has 0 aliphatic heterocycles. The topological polar surface area (TPSA) is 55.1 Å². The minimum absolute atomic E-state index is 0.0639. The van der Waals surface area contributed by atoms with Crippen LogP contribution in [0.1, 0.15) is 43.1 Å². The number of benzene rings is 1. The average Bonchev–Trinajstić information content (AvgIpc) is 2.27. The maximum atomic E-state index is 13.8. The lowest BCUT2D eigenvalue weighted by Gasteiger charge is -2.31. The molecule has 0 radical (unpaired) electrons. The second-order valence-electron chi connectivity index (χ2n) is 5.80. The van der Waals surface area contributed by atoms with Crippen LogP contribution in [0.15, 0.2) is 18.2 Å². The van der Waals surface area contributed by atoms with E-state index in [-0.39, 0.29) is 5.56 Å². The summed E-state index contributed by atoms with van der Waals surface area (Å²) in [5.74, 6) is -0.510. The summed E-state index contributed by atoms with van der Waals surface area (Å²) in [4.78, 5) is 12.1. The summed E-state index contributed by atoms with van der Waals surface area (Å²) in [5, 5.41) is 2.85. The second kappa shape index (κ2) is 6.15. The van der Waals surface area contributed by atoms with Gasteiger partial charge in [0.1, 0.15) is 5.82 Å². The van der Waals surface area contributed by atoms with E-state index < -0.39 is 17.3 Å². The van der Waals surface area contributed by atoms with E-state index in [4.69, 9.17) is 5.73 Å². The highest BCUT2D eigenvalue weighted by atomic mass is 19.1. The zero-order valence-electron chi connectivity index (χ0n) is 12.1. The van der Waals surface area contributed by atoms with Gasteiger partial charge in [0.2, 0.25) is 0 Å². The fraction of sp³-hybridized carbons (Fsp3) is 0.533. The van der Waals surface area contributed by atoms with Crippen molar-refractivity contribution >= 4 is 5.91 Å². The summed E-state index contributed by atoms with van der Waals surface area (Å²) in [6.07, 6.45) is 0.753. The quantitative estimate of drug-likeness (QED) is 0.860. The first-order valence-electron chi connectivity index (χ1n) is 6.56. The van der Waals surface area contributed by atoms with Gasteiger partial charge < -0.3 is 11.1 Å². The van der Waals surface area contributed by atoms with E-state index in [9.17, 15) is 9.18 Å². The highest BCUT2D eigenvalue weighted by Crippen LogP contribution is 2.17. The average molecular weight is 266 g/mol. The van der Waals surface area contributed by atoms with Crippen LogP contribution < -0.4 is 11.1 Å². The molecule has 1 unspecified atom stereocenters. The highest BCUT2D eigenvalue weighted by molar-refractivity contribution is 5.95. The summed E-state index contributed by atoms with van der Waals surface area (Å²) in [7, 11) is 0.